The SMILES string of the molecule is Nc1c(F)cccc1C#CCCNC(=O)OCc1ccccc1. The fourth-order valence-electron chi connectivity index (χ4n) is 1.80. The van der Waals surface area contributed by atoms with Gasteiger partial charge in [0.05, 0.1) is 11.3 Å². The van der Waals surface area contributed by atoms with Crippen LogP contribution < -0.4 is 11.1 Å². The van der Waals surface area contributed by atoms with Crippen molar-refractivity contribution >= 4 is 11.8 Å². The molecule has 0 aliphatic carbocycles. The first-order chi connectivity index (χ1) is 11.2. The Balaban J connectivity index is 1.70. The lowest BCUT2D eigenvalue weighted by Gasteiger charge is -2.05. The molecule has 0 spiro atoms. The highest BCUT2D eigenvalue weighted by atomic mass is 19.1. The molecule has 0 aliphatic heterocycles. The summed E-state index contributed by atoms with van der Waals surface area (Å²) in [7, 11) is 0. The number of halogens is 1. The maximum atomic E-state index is 13.2. The lowest BCUT2D eigenvalue weighted by atomic mass is 10.2. The van der Waals surface area contributed by atoms with Crippen molar-refractivity contribution in [2.24, 2.45) is 0 Å². The van der Waals surface area contributed by atoms with Crippen molar-refractivity contribution in [3.8, 4) is 11.8 Å². The molecule has 118 valence electrons. The van der Waals surface area contributed by atoms with E-state index in [-0.39, 0.29) is 12.3 Å². The second-order valence-corrected chi connectivity index (χ2v) is 4.74. The van der Waals surface area contributed by atoms with E-state index in [1.165, 1.54) is 6.07 Å². The van der Waals surface area contributed by atoms with Gasteiger partial charge in [0.15, 0.2) is 0 Å². The van der Waals surface area contributed by atoms with Gasteiger partial charge in [-0.2, -0.15) is 0 Å². The fraction of sp³-hybridized carbons (Fsp3) is 0.167. The monoisotopic (exact) mass is 312 g/mol. The number of ether oxygens (including phenoxy) is 1. The lowest BCUT2D eigenvalue weighted by Crippen LogP contribution is -2.24. The predicted octanol–water partition coefficient (Wildman–Crippen LogP) is 3.08. The van der Waals surface area contributed by atoms with Crippen molar-refractivity contribution in [3.05, 3.63) is 65.5 Å². The van der Waals surface area contributed by atoms with E-state index in [2.05, 4.69) is 17.2 Å². The number of nitrogens with one attached hydrogen (secondary N) is 1. The van der Waals surface area contributed by atoms with Gasteiger partial charge >= 0.3 is 6.09 Å². The number of carbonyl (C=O) groups excluding carboxylic acids is 1. The van der Waals surface area contributed by atoms with E-state index in [0.29, 0.717) is 18.5 Å². The highest BCUT2D eigenvalue weighted by Gasteiger charge is 2.02. The Morgan fingerprint density at radius 1 is 1.17 bits per heavy atom. The van der Waals surface area contributed by atoms with E-state index in [1.807, 2.05) is 30.3 Å². The van der Waals surface area contributed by atoms with Crippen LogP contribution in [0.15, 0.2) is 48.5 Å². The van der Waals surface area contributed by atoms with Gasteiger partial charge in [-0.1, -0.05) is 48.2 Å². The molecule has 0 unspecified atom stereocenters. The van der Waals surface area contributed by atoms with Gasteiger partial charge in [-0.25, -0.2) is 9.18 Å². The quantitative estimate of drug-likeness (QED) is 0.518. The third-order valence-corrected chi connectivity index (χ3v) is 3.01. The molecule has 0 aromatic heterocycles. The first-order valence-electron chi connectivity index (χ1n) is 7.14. The number of nitrogens with two attached hydrogens (primary N) is 1. The lowest BCUT2D eigenvalue weighted by molar-refractivity contribution is 0.140. The predicted molar refractivity (Wildman–Crippen MR) is 86.9 cm³/mol. The number of rotatable bonds is 4. The van der Waals surface area contributed by atoms with E-state index in [0.717, 1.165) is 5.56 Å². The maximum absolute atomic E-state index is 13.2. The average Bonchev–Trinajstić information content (AvgIpc) is 2.57. The molecule has 0 saturated carbocycles. The highest BCUT2D eigenvalue weighted by Crippen LogP contribution is 2.14. The van der Waals surface area contributed by atoms with Crippen LogP contribution in [0.3, 0.4) is 0 Å². The molecule has 2 rings (SSSR count). The normalized spacial score (nSPS) is 9.61. The third kappa shape index (κ3) is 5.36. The van der Waals surface area contributed by atoms with Crippen LogP contribution in [-0.2, 0) is 11.3 Å². The van der Waals surface area contributed by atoms with Crippen molar-refractivity contribution in [2.75, 3.05) is 12.3 Å². The van der Waals surface area contributed by atoms with E-state index in [9.17, 15) is 9.18 Å². The topological polar surface area (TPSA) is 64.3 Å². The number of alkyl carbamates (subject to hydrolysis) is 1. The Hall–Kier alpha value is -3.00. The molecule has 3 N–H and O–H groups in total. The van der Waals surface area contributed by atoms with E-state index < -0.39 is 11.9 Å². The third-order valence-electron chi connectivity index (χ3n) is 3.01. The fourth-order valence-corrected chi connectivity index (χ4v) is 1.80. The summed E-state index contributed by atoms with van der Waals surface area (Å²) in [4.78, 5) is 11.5. The molecule has 0 saturated heterocycles. The van der Waals surface area contributed by atoms with Crippen molar-refractivity contribution < 1.29 is 13.9 Å². The van der Waals surface area contributed by atoms with E-state index >= 15 is 0 Å². The van der Waals surface area contributed by atoms with Gasteiger partial charge in [-0.05, 0) is 17.7 Å². The Morgan fingerprint density at radius 2 is 1.96 bits per heavy atom. The zero-order chi connectivity index (χ0) is 16.5. The Morgan fingerprint density at radius 3 is 2.74 bits per heavy atom. The second-order valence-electron chi connectivity index (χ2n) is 4.74. The van der Waals surface area contributed by atoms with Crippen molar-refractivity contribution in [1.82, 2.24) is 5.32 Å². The highest BCUT2D eigenvalue weighted by molar-refractivity contribution is 5.67. The zero-order valence-corrected chi connectivity index (χ0v) is 12.5. The molecule has 1 amide bonds. The van der Waals surface area contributed by atoms with Crippen LogP contribution in [0, 0.1) is 17.7 Å². The standard InChI is InChI=1S/C18H17FN2O2/c19-16-11-6-10-15(17(16)20)9-4-5-12-21-18(22)23-13-14-7-2-1-3-8-14/h1-3,6-8,10-11H,5,12-13,20H2,(H,21,22). The minimum absolute atomic E-state index is 0.0373. The number of amides is 1. The first-order valence-corrected chi connectivity index (χ1v) is 7.14. The molecule has 4 nitrogen and oxygen atoms in total. The minimum atomic E-state index is -0.499. The van der Waals surface area contributed by atoms with Crippen LogP contribution in [0.25, 0.3) is 0 Å². The van der Waals surface area contributed by atoms with Crippen molar-refractivity contribution in [1.29, 1.82) is 0 Å². The molecule has 0 fully saturated rings. The summed E-state index contributed by atoms with van der Waals surface area (Å²) < 4.78 is 18.3. The van der Waals surface area contributed by atoms with Gasteiger partial charge in [-0.15, -0.1) is 0 Å². The summed E-state index contributed by atoms with van der Waals surface area (Å²) in [5.41, 5.74) is 6.97. The second kappa shape index (κ2) is 8.44. The molecule has 2 aromatic carbocycles. The van der Waals surface area contributed by atoms with Crippen LogP contribution in [0.5, 0.6) is 0 Å². The molecule has 0 bridgehead atoms. The van der Waals surface area contributed by atoms with Crippen LogP contribution >= 0.6 is 0 Å². The van der Waals surface area contributed by atoms with Gasteiger partial charge in [0.2, 0.25) is 0 Å². The van der Waals surface area contributed by atoms with Crippen LogP contribution in [-0.4, -0.2) is 12.6 Å². The molecular weight excluding hydrogens is 295 g/mol. The largest absolute Gasteiger partial charge is 0.445 e. The summed E-state index contributed by atoms with van der Waals surface area (Å²) in [6.45, 7) is 0.564. The molecule has 23 heavy (non-hydrogen) atoms. The van der Waals surface area contributed by atoms with Gasteiger partial charge in [0.25, 0.3) is 0 Å². The van der Waals surface area contributed by atoms with Crippen LogP contribution in [0.2, 0.25) is 0 Å². The van der Waals surface area contributed by atoms with Gasteiger partial charge in [-0.3, -0.25) is 0 Å². The number of benzene rings is 2. The Bertz CT molecular complexity index is 721. The van der Waals surface area contributed by atoms with Gasteiger partial charge in [0, 0.05) is 13.0 Å². The summed E-state index contributed by atoms with van der Waals surface area (Å²) in [5, 5.41) is 2.60. The first kappa shape index (κ1) is 16.4. The number of hydrogen-bond donors (Lipinski definition) is 2. The summed E-state index contributed by atoms with van der Waals surface area (Å²) in [5.74, 6) is 5.12. The number of carbonyl (C=O) groups is 1. The number of hydrogen-bond acceptors (Lipinski definition) is 3. The molecular formula is C18H17FN2O2. The Labute approximate surface area is 134 Å². The number of para-hydroxylation sites is 1. The molecule has 0 aliphatic rings. The smallest absolute Gasteiger partial charge is 0.407 e. The van der Waals surface area contributed by atoms with Crippen LogP contribution in [0.4, 0.5) is 14.9 Å². The maximum Gasteiger partial charge on any atom is 0.407 e. The van der Waals surface area contributed by atoms with Crippen molar-refractivity contribution in [3.63, 3.8) is 0 Å². The van der Waals surface area contributed by atoms with Gasteiger partial charge < -0.3 is 15.8 Å². The van der Waals surface area contributed by atoms with Crippen LogP contribution in [0.1, 0.15) is 17.5 Å². The molecule has 5 heteroatoms. The summed E-state index contributed by atoms with van der Waals surface area (Å²) in [6.07, 6.45) is -0.0861. The molecule has 0 atom stereocenters. The number of anilines is 1. The summed E-state index contributed by atoms with van der Waals surface area (Å²) >= 11 is 0. The zero-order valence-electron chi connectivity index (χ0n) is 12.5. The van der Waals surface area contributed by atoms with Crippen molar-refractivity contribution in [2.45, 2.75) is 13.0 Å². The van der Waals surface area contributed by atoms with Gasteiger partial charge in [0.1, 0.15) is 12.4 Å². The Kier molecular flexibility index (Phi) is 6.01. The minimum Gasteiger partial charge on any atom is -0.445 e. The average molecular weight is 312 g/mol. The molecule has 0 radical (unpaired) electrons. The van der Waals surface area contributed by atoms with E-state index in [1.54, 1.807) is 12.1 Å². The molecule has 0 heterocycles. The number of nitrogen functional groups attached to an aromatic ring is 1. The van der Waals surface area contributed by atoms with E-state index in [4.69, 9.17) is 10.5 Å². The molecule has 2 aromatic rings. The summed E-state index contributed by atoms with van der Waals surface area (Å²) in [6, 6.07) is 13.9.